The number of carbonyl (C=O) groups is 3. The molecule has 3 rings (SSSR count). The number of aromatic nitrogens is 4. The van der Waals surface area contributed by atoms with Crippen LogP contribution in [0.15, 0.2) is 16.9 Å². The number of nitrogen functional groups attached to an aromatic ring is 1. The van der Waals surface area contributed by atoms with Gasteiger partial charge in [0.1, 0.15) is 17.8 Å². The third-order valence-electron chi connectivity index (χ3n) is 5.03. The molecule has 1 aliphatic rings. The number of rotatable bonds is 10. The third kappa shape index (κ3) is 5.05. The van der Waals surface area contributed by atoms with Crippen LogP contribution in [-0.4, -0.2) is 77.1 Å². The zero-order valence-corrected chi connectivity index (χ0v) is 19.8. The fourth-order valence-electron chi connectivity index (χ4n) is 3.09. The van der Waals surface area contributed by atoms with Crippen molar-refractivity contribution in [2.75, 3.05) is 5.73 Å². The van der Waals surface area contributed by atoms with Gasteiger partial charge in [-0.1, -0.05) is 5.16 Å². The topological polar surface area (TPSA) is 220 Å². The maximum absolute atomic E-state index is 13.1. The van der Waals surface area contributed by atoms with E-state index in [1.54, 1.807) is 6.92 Å². The van der Waals surface area contributed by atoms with E-state index in [1.807, 2.05) is 0 Å². The number of thiazole rings is 1. The number of hydrogen-bond acceptors (Lipinski definition) is 12. The Morgan fingerprint density at radius 1 is 1.38 bits per heavy atom. The Kier molecular flexibility index (Phi) is 6.72. The Hall–Kier alpha value is -3.44. The van der Waals surface area contributed by atoms with Gasteiger partial charge in [-0.2, -0.15) is 13.5 Å². The minimum Gasteiger partial charge on any atom is -0.478 e. The standard InChI is InChI=1S/C17H21N7O8S2/c1-8-19-7-20-23(8)5-11-9(14(26)24(11)34(29,30)31)4-12(25)13(10-6-33-16(18)21-10)22-32-17(2,3)15(27)28/h6-7,9,11H,4-5H2,1-3H3,(H2,18,21)(H,27,28)(H,29,30,31)/b22-13-/t9-,11+/m0/s1. The van der Waals surface area contributed by atoms with Crippen LogP contribution in [0.5, 0.6) is 0 Å². The zero-order valence-electron chi connectivity index (χ0n) is 18.1. The average molecular weight is 516 g/mol. The van der Waals surface area contributed by atoms with Crippen LogP contribution >= 0.6 is 11.3 Å². The van der Waals surface area contributed by atoms with Crippen LogP contribution in [0.25, 0.3) is 0 Å². The van der Waals surface area contributed by atoms with Crippen molar-refractivity contribution >= 4 is 50.1 Å². The first kappa shape index (κ1) is 25.2. The molecule has 0 unspecified atom stereocenters. The number of oxime groups is 1. The minimum atomic E-state index is -4.89. The number of Topliss-reactive ketones (excluding diaryl/α,β-unsaturated/α-hetero) is 1. The molecule has 2 atom stereocenters. The van der Waals surface area contributed by atoms with Crippen molar-refractivity contribution < 1.29 is 37.3 Å². The Bertz CT molecular complexity index is 1270. The zero-order chi connectivity index (χ0) is 25.4. The summed E-state index contributed by atoms with van der Waals surface area (Å²) in [5.41, 5.74) is 3.44. The van der Waals surface area contributed by atoms with Gasteiger partial charge in [0.05, 0.1) is 18.5 Å². The van der Waals surface area contributed by atoms with Crippen LogP contribution in [0.2, 0.25) is 0 Å². The number of anilines is 1. The lowest BCUT2D eigenvalue weighted by Gasteiger charge is -2.43. The molecule has 15 nitrogen and oxygen atoms in total. The number of nitrogens with two attached hydrogens (primary N) is 1. The van der Waals surface area contributed by atoms with Crippen molar-refractivity contribution in [3.05, 3.63) is 23.2 Å². The van der Waals surface area contributed by atoms with Gasteiger partial charge in [0.2, 0.25) is 11.5 Å². The van der Waals surface area contributed by atoms with Crippen LogP contribution in [0.1, 0.15) is 31.8 Å². The predicted molar refractivity (Wildman–Crippen MR) is 116 cm³/mol. The van der Waals surface area contributed by atoms with E-state index in [2.05, 4.69) is 20.2 Å². The van der Waals surface area contributed by atoms with Gasteiger partial charge in [0.15, 0.2) is 16.6 Å². The number of nitrogens with zero attached hydrogens (tertiary/aromatic N) is 6. The van der Waals surface area contributed by atoms with E-state index >= 15 is 0 Å². The lowest BCUT2D eigenvalue weighted by molar-refractivity contribution is -0.161. The van der Waals surface area contributed by atoms with E-state index in [4.69, 9.17) is 10.6 Å². The molecular weight excluding hydrogens is 494 g/mol. The smallest absolute Gasteiger partial charge is 0.362 e. The number of carbonyl (C=O) groups excluding carboxylic acids is 2. The Balaban J connectivity index is 1.90. The summed E-state index contributed by atoms with van der Waals surface area (Å²) in [7, 11) is -4.89. The highest BCUT2D eigenvalue weighted by Crippen LogP contribution is 2.34. The first-order valence-corrected chi connectivity index (χ1v) is 11.9. The van der Waals surface area contributed by atoms with Gasteiger partial charge in [-0.3, -0.25) is 14.1 Å². The van der Waals surface area contributed by atoms with E-state index in [0.717, 1.165) is 11.3 Å². The van der Waals surface area contributed by atoms with Gasteiger partial charge < -0.3 is 15.7 Å². The summed E-state index contributed by atoms with van der Waals surface area (Å²) in [6.07, 6.45) is 0.698. The molecule has 4 N–H and O–H groups in total. The molecule has 0 aliphatic carbocycles. The Morgan fingerprint density at radius 3 is 2.56 bits per heavy atom. The maximum Gasteiger partial charge on any atom is 0.362 e. The minimum absolute atomic E-state index is 0.00392. The number of aliphatic carboxylic acids is 1. The molecular formula is C17H21N7O8S2. The van der Waals surface area contributed by atoms with Crippen molar-refractivity contribution in [1.82, 2.24) is 24.1 Å². The van der Waals surface area contributed by atoms with Gasteiger partial charge in [-0.05, 0) is 20.8 Å². The molecule has 1 amide bonds. The summed E-state index contributed by atoms with van der Waals surface area (Å²) < 4.78 is 34.5. The van der Waals surface area contributed by atoms with E-state index in [-0.39, 0.29) is 21.7 Å². The molecule has 0 aromatic carbocycles. The molecule has 1 fully saturated rings. The molecule has 0 saturated carbocycles. The van der Waals surface area contributed by atoms with Crippen molar-refractivity contribution in [1.29, 1.82) is 0 Å². The number of β-lactam (4-membered cyclic amide) rings is 1. The van der Waals surface area contributed by atoms with Gasteiger partial charge in [0, 0.05) is 11.8 Å². The molecule has 3 heterocycles. The molecule has 1 saturated heterocycles. The summed E-state index contributed by atoms with van der Waals surface area (Å²) in [5.74, 6) is -3.86. The summed E-state index contributed by atoms with van der Waals surface area (Å²) in [6.45, 7) is 3.87. The molecule has 2 aromatic heterocycles. The normalized spacial score (nSPS) is 19.1. The molecule has 17 heteroatoms. The number of carboxylic acid groups (broad SMARTS) is 1. The van der Waals surface area contributed by atoms with Crippen LogP contribution in [-0.2, 0) is 36.1 Å². The first-order chi connectivity index (χ1) is 15.7. The molecule has 0 radical (unpaired) electrons. The highest BCUT2D eigenvalue weighted by Gasteiger charge is 2.54. The summed E-state index contributed by atoms with van der Waals surface area (Å²) in [5, 5.41) is 18.3. The lowest BCUT2D eigenvalue weighted by Crippen LogP contribution is -2.64. The van der Waals surface area contributed by atoms with Crippen molar-refractivity contribution in [2.24, 2.45) is 11.1 Å². The van der Waals surface area contributed by atoms with Crippen LogP contribution < -0.4 is 5.73 Å². The molecule has 34 heavy (non-hydrogen) atoms. The highest BCUT2D eigenvalue weighted by atomic mass is 32.2. The second-order valence-corrected chi connectivity index (χ2v) is 10.00. The molecule has 0 bridgehead atoms. The number of ketones is 1. The number of carboxylic acids is 1. The predicted octanol–water partition coefficient (Wildman–Crippen LogP) is -0.502. The Labute approximate surface area is 197 Å². The van der Waals surface area contributed by atoms with Crippen LogP contribution in [0.3, 0.4) is 0 Å². The van der Waals surface area contributed by atoms with Crippen LogP contribution in [0, 0.1) is 12.8 Å². The van der Waals surface area contributed by atoms with E-state index in [1.165, 1.54) is 30.2 Å². The maximum atomic E-state index is 13.1. The summed E-state index contributed by atoms with van der Waals surface area (Å²) in [4.78, 5) is 49.9. The molecule has 184 valence electrons. The third-order valence-corrected chi connectivity index (χ3v) is 6.65. The quantitative estimate of drug-likeness (QED) is 0.158. The largest absolute Gasteiger partial charge is 0.478 e. The van der Waals surface area contributed by atoms with Crippen LogP contribution in [0.4, 0.5) is 5.13 Å². The lowest BCUT2D eigenvalue weighted by atomic mass is 9.84. The summed E-state index contributed by atoms with van der Waals surface area (Å²) in [6, 6.07) is -1.13. The van der Waals surface area contributed by atoms with E-state index in [0.29, 0.717) is 5.82 Å². The average Bonchev–Trinajstić information content (AvgIpc) is 3.32. The van der Waals surface area contributed by atoms with E-state index in [9.17, 15) is 32.5 Å². The van der Waals surface area contributed by atoms with Gasteiger partial charge >= 0.3 is 16.3 Å². The van der Waals surface area contributed by atoms with Crippen molar-refractivity contribution in [3.63, 3.8) is 0 Å². The van der Waals surface area contributed by atoms with Crippen molar-refractivity contribution in [2.45, 2.75) is 45.4 Å². The van der Waals surface area contributed by atoms with Crippen molar-refractivity contribution in [3.8, 4) is 0 Å². The number of amides is 1. The SMILES string of the molecule is Cc1ncnn1C[C@@H]1[C@H](CC(=O)/C(=N\OC(C)(C)C(=O)O)c2csc(N)n2)C(=O)N1S(=O)(=O)O. The highest BCUT2D eigenvalue weighted by molar-refractivity contribution is 7.84. The molecule has 0 spiro atoms. The first-order valence-electron chi connectivity index (χ1n) is 9.61. The summed E-state index contributed by atoms with van der Waals surface area (Å²) >= 11 is 0.993. The fraction of sp³-hybridized carbons (Fsp3) is 0.471. The number of aryl methyl sites for hydroxylation is 1. The second kappa shape index (κ2) is 9.07. The van der Waals surface area contributed by atoms with E-state index < -0.39 is 57.7 Å². The number of hydrogen-bond donors (Lipinski definition) is 3. The molecule has 1 aliphatic heterocycles. The fourth-order valence-corrected chi connectivity index (χ4v) is 4.56. The van der Waals surface area contributed by atoms with Gasteiger partial charge in [0.25, 0.3) is 0 Å². The van der Waals surface area contributed by atoms with Gasteiger partial charge in [-0.25, -0.2) is 23.7 Å². The second-order valence-electron chi connectivity index (χ2n) is 7.82. The van der Waals surface area contributed by atoms with Gasteiger partial charge in [-0.15, -0.1) is 11.3 Å². The monoisotopic (exact) mass is 515 g/mol. The molecule has 2 aromatic rings. The Morgan fingerprint density at radius 2 is 2.06 bits per heavy atom.